The fourth-order valence-electron chi connectivity index (χ4n) is 3.57. The molecule has 6 heteroatoms. The molecule has 1 aliphatic rings. The molecule has 1 amide bonds. The van der Waals surface area contributed by atoms with E-state index in [4.69, 9.17) is 4.74 Å². The number of ether oxygens (including phenoxy) is 1. The van der Waals surface area contributed by atoms with Gasteiger partial charge in [0.05, 0.1) is 12.2 Å². The standard InChI is InChI=1S/C23H26F3NO2/c1-2-6-22(28)27-15-18-14-20(18)17-8-5-9-19(13-17)29-12-11-16-7-3-4-10-21(16)23(24,25)26/h3-5,7-10,13,18,20H,2,6,11-12,14-15H2,1H3,(H,27,28). The van der Waals surface area contributed by atoms with Crippen LogP contribution in [-0.2, 0) is 17.4 Å². The van der Waals surface area contributed by atoms with Crippen molar-refractivity contribution in [1.82, 2.24) is 5.32 Å². The van der Waals surface area contributed by atoms with Gasteiger partial charge in [0, 0.05) is 19.4 Å². The molecule has 1 N–H and O–H groups in total. The molecule has 0 aliphatic heterocycles. The molecule has 0 saturated heterocycles. The van der Waals surface area contributed by atoms with E-state index in [0.717, 1.165) is 24.5 Å². The van der Waals surface area contributed by atoms with Gasteiger partial charge in [0.25, 0.3) is 0 Å². The van der Waals surface area contributed by atoms with E-state index in [0.29, 0.717) is 30.6 Å². The van der Waals surface area contributed by atoms with Crippen LogP contribution in [0.5, 0.6) is 5.75 Å². The lowest BCUT2D eigenvalue weighted by Crippen LogP contribution is -2.25. The van der Waals surface area contributed by atoms with Crippen molar-refractivity contribution in [1.29, 1.82) is 0 Å². The Bertz CT molecular complexity index is 835. The SMILES string of the molecule is CCCC(=O)NCC1CC1c1cccc(OCCc2ccccc2C(F)(F)F)c1. The van der Waals surface area contributed by atoms with Crippen molar-refractivity contribution in [2.45, 2.75) is 44.7 Å². The molecule has 2 unspecified atom stereocenters. The third-order valence-electron chi connectivity index (χ3n) is 5.21. The average molecular weight is 405 g/mol. The molecular weight excluding hydrogens is 379 g/mol. The van der Waals surface area contributed by atoms with Crippen molar-refractivity contribution in [3.8, 4) is 5.75 Å². The summed E-state index contributed by atoms with van der Waals surface area (Å²) in [6.45, 7) is 2.84. The molecule has 0 radical (unpaired) electrons. The number of carbonyl (C=O) groups is 1. The predicted octanol–water partition coefficient (Wildman–Crippen LogP) is 5.35. The van der Waals surface area contributed by atoms with Gasteiger partial charge >= 0.3 is 6.18 Å². The van der Waals surface area contributed by atoms with E-state index in [1.165, 1.54) is 12.1 Å². The molecule has 2 aromatic carbocycles. The molecule has 1 aliphatic carbocycles. The van der Waals surface area contributed by atoms with E-state index in [1.807, 2.05) is 31.2 Å². The molecule has 0 bridgehead atoms. The molecule has 2 aromatic rings. The first kappa shape index (κ1) is 21.2. The second kappa shape index (κ2) is 9.33. The summed E-state index contributed by atoms with van der Waals surface area (Å²) in [5, 5.41) is 2.97. The zero-order valence-corrected chi connectivity index (χ0v) is 16.5. The number of nitrogens with one attached hydrogen (secondary N) is 1. The van der Waals surface area contributed by atoms with E-state index >= 15 is 0 Å². The fourth-order valence-corrected chi connectivity index (χ4v) is 3.57. The topological polar surface area (TPSA) is 38.3 Å². The Labute approximate surface area is 169 Å². The maximum absolute atomic E-state index is 13.1. The fraction of sp³-hybridized carbons (Fsp3) is 0.435. The molecule has 0 heterocycles. The minimum absolute atomic E-state index is 0.0920. The molecule has 0 aromatic heterocycles. The van der Waals surface area contributed by atoms with Crippen molar-refractivity contribution in [2.75, 3.05) is 13.2 Å². The van der Waals surface area contributed by atoms with Crippen LogP contribution >= 0.6 is 0 Å². The molecule has 29 heavy (non-hydrogen) atoms. The Morgan fingerprint density at radius 2 is 1.97 bits per heavy atom. The Kier molecular flexibility index (Phi) is 6.83. The van der Waals surface area contributed by atoms with Gasteiger partial charge in [0.15, 0.2) is 0 Å². The first-order chi connectivity index (χ1) is 13.9. The third kappa shape index (κ3) is 5.99. The molecule has 156 valence electrons. The number of rotatable bonds is 9. The largest absolute Gasteiger partial charge is 0.493 e. The van der Waals surface area contributed by atoms with Crippen molar-refractivity contribution in [3.05, 3.63) is 65.2 Å². The summed E-state index contributed by atoms with van der Waals surface area (Å²) in [4.78, 5) is 11.6. The van der Waals surface area contributed by atoms with Gasteiger partial charge in [-0.25, -0.2) is 0 Å². The average Bonchev–Trinajstić information content (AvgIpc) is 3.46. The zero-order chi connectivity index (χ0) is 20.9. The van der Waals surface area contributed by atoms with Gasteiger partial charge in [-0.15, -0.1) is 0 Å². The number of amides is 1. The summed E-state index contributed by atoms with van der Waals surface area (Å²) in [5.41, 5.74) is 0.775. The maximum atomic E-state index is 13.1. The lowest BCUT2D eigenvalue weighted by Gasteiger charge is -2.13. The normalized spacial score (nSPS) is 18.3. The smallest absolute Gasteiger partial charge is 0.416 e. The molecule has 1 saturated carbocycles. The van der Waals surface area contributed by atoms with Crippen LogP contribution in [0, 0.1) is 5.92 Å². The molecule has 0 spiro atoms. The molecule has 3 nitrogen and oxygen atoms in total. The second-order valence-electron chi connectivity index (χ2n) is 7.48. The van der Waals surface area contributed by atoms with Crippen molar-refractivity contribution >= 4 is 5.91 Å². The highest BCUT2D eigenvalue weighted by Crippen LogP contribution is 2.47. The monoisotopic (exact) mass is 405 g/mol. The van der Waals surface area contributed by atoms with E-state index in [9.17, 15) is 18.0 Å². The lowest BCUT2D eigenvalue weighted by molar-refractivity contribution is -0.138. The summed E-state index contributed by atoms with van der Waals surface area (Å²) < 4.78 is 44.9. The summed E-state index contributed by atoms with van der Waals surface area (Å²) in [6.07, 6.45) is -1.75. The van der Waals surface area contributed by atoms with Crippen LogP contribution in [0.15, 0.2) is 48.5 Å². The van der Waals surface area contributed by atoms with Gasteiger partial charge in [-0.2, -0.15) is 13.2 Å². The van der Waals surface area contributed by atoms with Crippen LogP contribution < -0.4 is 10.1 Å². The van der Waals surface area contributed by atoms with Crippen molar-refractivity contribution in [2.24, 2.45) is 5.92 Å². The predicted molar refractivity (Wildman–Crippen MR) is 106 cm³/mol. The van der Waals surface area contributed by atoms with Crippen molar-refractivity contribution < 1.29 is 22.7 Å². The Balaban J connectivity index is 1.51. The number of hydrogen-bond donors (Lipinski definition) is 1. The van der Waals surface area contributed by atoms with E-state index < -0.39 is 11.7 Å². The Morgan fingerprint density at radius 1 is 1.17 bits per heavy atom. The van der Waals surface area contributed by atoms with Crippen LogP contribution in [0.25, 0.3) is 0 Å². The highest BCUT2D eigenvalue weighted by Gasteiger charge is 2.38. The van der Waals surface area contributed by atoms with Crippen LogP contribution in [0.1, 0.15) is 48.8 Å². The number of hydrogen-bond acceptors (Lipinski definition) is 2. The molecular formula is C23H26F3NO2. The maximum Gasteiger partial charge on any atom is 0.416 e. The van der Waals surface area contributed by atoms with E-state index in [2.05, 4.69) is 5.32 Å². The number of carbonyl (C=O) groups excluding carboxylic acids is 1. The van der Waals surface area contributed by atoms with Gasteiger partial charge in [-0.1, -0.05) is 37.3 Å². The van der Waals surface area contributed by atoms with Gasteiger partial charge in [0.1, 0.15) is 5.75 Å². The Morgan fingerprint density at radius 3 is 2.72 bits per heavy atom. The molecule has 3 rings (SSSR count). The van der Waals surface area contributed by atoms with Gasteiger partial charge in [-0.3, -0.25) is 4.79 Å². The number of halogens is 3. The summed E-state index contributed by atoms with van der Waals surface area (Å²) in [7, 11) is 0. The van der Waals surface area contributed by atoms with Crippen LogP contribution in [0.4, 0.5) is 13.2 Å². The highest BCUT2D eigenvalue weighted by molar-refractivity contribution is 5.75. The quantitative estimate of drug-likeness (QED) is 0.611. The first-order valence-electron chi connectivity index (χ1n) is 10.0. The van der Waals surface area contributed by atoms with E-state index in [1.54, 1.807) is 6.07 Å². The number of alkyl halides is 3. The first-order valence-corrected chi connectivity index (χ1v) is 10.0. The molecule has 1 fully saturated rings. The number of benzene rings is 2. The lowest BCUT2D eigenvalue weighted by atomic mass is 10.0. The minimum Gasteiger partial charge on any atom is -0.493 e. The van der Waals surface area contributed by atoms with Gasteiger partial charge in [-0.05, 0) is 54.0 Å². The van der Waals surface area contributed by atoms with Crippen LogP contribution in [0.2, 0.25) is 0 Å². The third-order valence-corrected chi connectivity index (χ3v) is 5.21. The second-order valence-corrected chi connectivity index (χ2v) is 7.48. The van der Waals surface area contributed by atoms with Crippen LogP contribution in [-0.4, -0.2) is 19.1 Å². The van der Waals surface area contributed by atoms with Crippen LogP contribution in [0.3, 0.4) is 0 Å². The highest BCUT2D eigenvalue weighted by atomic mass is 19.4. The van der Waals surface area contributed by atoms with Gasteiger partial charge < -0.3 is 10.1 Å². The van der Waals surface area contributed by atoms with Crippen molar-refractivity contribution in [3.63, 3.8) is 0 Å². The van der Waals surface area contributed by atoms with E-state index in [-0.39, 0.29) is 24.5 Å². The Hall–Kier alpha value is -2.50. The van der Waals surface area contributed by atoms with Gasteiger partial charge in [0.2, 0.25) is 5.91 Å². The zero-order valence-electron chi connectivity index (χ0n) is 16.5. The summed E-state index contributed by atoms with van der Waals surface area (Å²) >= 11 is 0. The summed E-state index contributed by atoms with van der Waals surface area (Å²) in [5.74, 6) is 1.58. The molecule has 2 atom stereocenters. The summed E-state index contributed by atoms with van der Waals surface area (Å²) in [6, 6.07) is 13.3. The minimum atomic E-state index is -4.36.